The minimum Gasteiger partial charge on any atom is -0.314 e. The second-order valence-corrected chi connectivity index (χ2v) is 6.42. The molecule has 0 fully saturated rings. The Morgan fingerprint density at radius 2 is 2.00 bits per heavy atom. The van der Waals surface area contributed by atoms with Crippen molar-refractivity contribution in [3.05, 3.63) is 0 Å². The first-order valence-electron chi connectivity index (χ1n) is 6.34. The van der Waals surface area contributed by atoms with E-state index in [1.807, 2.05) is 11.8 Å². The van der Waals surface area contributed by atoms with Gasteiger partial charge in [-0.25, -0.2) is 0 Å². The summed E-state index contributed by atoms with van der Waals surface area (Å²) in [5.74, 6) is 1.23. The summed E-state index contributed by atoms with van der Waals surface area (Å²) in [6, 6.07) is 0.586. The van der Waals surface area contributed by atoms with Gasteiger partial charge < -0.3 is 10.2 Å². The number of nitrogens with zero attached hydrogens (tertiary/aromatic N) is 1. The summed E-state index contributed by atoms with van der Waals surface area (Å²) < 4.78 is 0. The maximum atomic E-state index is 3.57. The van der Waals surface area contributed by atoms with Crippen LogP contribution in [0.15, 0.2) is 0 Å². The molecule has 98 valence electrons. The van der Waals surface area contributed by atoms with Gasteiger partial charge in [0.1, 0.15) is 0 Å². The molecule has 0 radical (unpaired) electrons. The predicted octanol–water partition coefficient (Wildman–Crippen LogP) is 2.70. The fourth-order valence-electron chi connectivity index (χ4n) is 1.72. The summed E-state index contributed by atoms with van der Waals surface area (Å²) in [5.41, 5.74) is 0.400. The minimum absolute atomic E-state index is 0.400. The molecule has 1 unspecified atom stereocenters. The Balaban J connectivity index is 4.03. The van der Waals surface area contributed by atoms with E-state index in [4.69, 9.17) is 0 Å². The third-order valence-corrected chi connectivity index (χ3v) is 3.71. The summed E-state index contributed by atoms with van der Waals surface area (Å²) >= 11 is 1.92. The molecule has 1 atom stereocenters. The molecule has 0 aliphatic heterocycles. The lowest BCUT2D eigenvalue weighted by Crippen LogP contribution is -2.43. The van der Waals surface area contributed by atoms with Crippen molar-refractivity contribution in [2.45, 2.75) is 40.2 Å². The third-order valence-electron chi connectivity index (χ3n) is 3.12. The highest BCUT2D eigenvalue weighted by molar-refractivity contribution is 7.98. The van der Waals surface area contributed by atoms with Crippen LogP contribution in [0.1, 0.15) is 34.1 Å². The quantitative estimate of drug-likeness (QED) is 0.673. The van der Waals surface area contributed by atoms with E-state index in [0.29, 0.717) is 11.5 Å². The van der Waals surface area contributed by atoms with Gasteiger partial charge in [-0.15, -0.1) is 0 Å². The number of nitrogens with one attached hydrogen (secondary N) is 1. The Hall–Kier alpha value is 0.270. The SMILES string of the molecule is CCC(C)(CNC(C)C)CN(C)CCSC. The van der Waals surface area contributed by atoms with Crippen LogP contribution in [0, 0.1) is 5.41 Å². The van der Waals surface area contributed by atoms with Crippen LogP contribution in [0.25, 0.3) is 0 Å². The Morgan fingerprint density at radius 1 is 1.38 bits per heavy atom. The van der Waals surface area contributed by atoms with Crippen LogP contribution in [0.2, 0.25) is 0 Å². The lowest BCUT2D eigenvalue weighted by molar-refractivity contribution is 0.183. The second kappa shape index (κ2) is 8.37. The summed E-state index contributed by atoms with van der Waals surface area (Å²) in [5, 5.41) is 3.57. The van der Waals surface area contributed by atoms with Gasteiger partial charge in [0.15, 0.2) is 0 Å². The largest absolute Gasteiger partial charge is 0.314 e. The van der Waals surface area contributed by atoms with E-state index in [9.17, 15) is 0 Å². The molecule has 0 aromatic heterocycles. The van der Waals surface area contributed by atoms with Crippen molar-refractivity contribution in [3.63, 3.8) is 0 Å². The first-order chi connectivity index (χ1) is 7.43. The number of thioether (sulfide) groups is 1. The first kappa shape index (κ1) is 16.3. The average Bonchev–Trinajstić information content (AvgIpc) is 2.23. The van der Waals surface area contributed by atoms with E-state index in [1.54, 1.807) is 0 Å². The van der Waals surface area contributed by atoms with Gasteiger partial charge in [0, 0.05) is 31.4 Å². The maximum absolute atomic E-state index is 3.57. The number of rotatable bonds is 9. The van der Waals surface area contributed by atoms with Gasteiger partial charge in [-0.1, -0.05) is 27.7 Å². The topological polar surface area (TPSA) is 15.3 Å². The molecule has 0 spiro atoms. The van der Waals surface area contributed by atoms with Gasteiger partial charge in [0.25, 0.3) is 0 Å². The van der Waals surface area contributed by atoms with Gasteiger partial charge in [0.2, 0.25) is 0 Å². The zero-order valence-electron chi connectivity index (χ0n) is 12.0. The van der Waals surface area contributed by atoms with Crippen LogP contribution in [-0.2, 0) is 0 Å². The fourth-order valence-corrected chi connectivity index (χ4v) is 2.22. The summed E-state index contributed by atoms with van der Waals surface area (Å²) in [6.07, 6.45) is 3.41. The van der Waals surface area contributed by atoms with Crippen molar-refractivity contribution in [3.8, 4) is 0 Å². The van der Waals surface area contributed by atoms with Crippen LogP contribution in [0.4, 0.5) is 0 Å². The lowest BCUT2D eigenvalue weighted by Gasteiger charge is -2.34. The molecule has 0 aromatic rings. The van der Waals surface area contributed by atoms with Gasteiger partial charge in [-0.2, -0.15) is 11.8 Å². The van der Waals surface area contributed by atoms with Crippen molar-refractivity contribution < 1.29 is 0 Å². The van der Waals surface area contributed by atoms with Gasteiger partial charge in [-0.05, 0) is 25.1 Å². The molecule has 0 heterocycles. The van der Waals surface area contributed by atoms with Crippen molar-refractivity contribution >= 4 is 11.8 Å². The molecular formula is C13H30N2S. The molecule has 0 saturated heterocycles. The molecule has 0 aliphatic rings. The van der Waals surface area contributed by atoms with Crippen LogP contribution in [0.3, 0.4) is 0 Å². The molecule has 0 bridgehead atoms. The van der Waals surface area contributed by atoms with Crippen LogP contribution in [-0.4, -0.2) is 49.6 Å². The molecule has 0 aliphatic carbocycles. The molecule has 3 heteroatoms. The van der Waals surface area contributed by atoms with Gasteiger partial charge >= 0.3 is 0 Å². The Labute approximate surface area is 107 Å². The summed E-state index contributed by atoms with van der Waals surface area (Å²) in [7, 11) is 2.24. The normalized spacial score (nSPS) is 15.8. The zero-order valence-corrected chi connectivity index (χ0v) is 12.8. The van der Waals surface area contributed by atoms with Crippen molar-refractivity contribution in [2.75, 3.05) is 38.7 Å². The molecular weight excluding hydrogens is 216 g/mol. The van der Waals surface area contributed by atoms with E-state index in [1.165, 1.54) is 25.3 Å². The fraction of sp³-hybridized carbons (Fsp3) is 1.00. The summed E-state index contributed by atoms with van der Waals surface area (Å²) in [4.78, 5) is 2.46. The molecule has 1 N–H and O–H groups in total. The van der Waals surface area contributed by atoms with E-state index in [0.717, 1.165) is 6.54 Å². The summed E-state index contributed by atoms with van der Waals surface area (Å²) in [6.45, 7) is 12.6. The second-order valence-electron chi connectivity index (χ2n) is 5.43. The first-order valence-corrected chi connectivity index (χ1v) is 7.74. The van der Waals surface area contributed by atoms with Crippen LogP contribution in [0.5, 0.6) is 0 Å². The Morgan fingerprint density at radius 3 is 2.44 bits per heavy atom. The zero-order chi connectivity index (χ0) is 12.6. The predicted molar refractivity (Wildman–Crippen MR) is 77.4 cm³/mol. The van der Waals surface area contributed by atoms with Crippen molar-refractivity contribution in [1.82, 2.24) is 10.2 Å². The van der Waals surface area contributed by atoms with E-state index in [-0.39, 0.29) is 0 Å². The molecule has 0 aromatic carbocycles. The smallest absolute Gasteiger partial charge is 0.00694 e. The van der Waals surface area contributed by atoms with Crippen molar-refractivity contribution in [1.29, 1.82) is 0 Å². The van der Waals surface area contributed by atoms with Gasteiger partial charge in [0.05, 0.1) is 0 Å². The monoisotopic (exact) mass is 246 g/mol. The van der Waals surface area contributed by atoms with Crippen molar-refractivity contribution in [2.24, 2.45) is 5.41 Å². The minimum atomic E-state index is 0.400. The van der Waals surface area contributed by atoms with Crippen LogP contribution >= 0.6 is 11.8 Å². The van der Waals surface area contributed by atoms with Gasteiger partial charge in [-0.3, -0.25) is 0 Å². The number of hydrogen-bond acceptors (Lipinski definition) is 3. The van der Waals surface area contributed by atoms with E-state index < -0.39 is 0 Å². The lowest BCUT2D eigenvalue weighted by atomic mass is 9.86. The maximum Gasteiger partial charge on any atom is 0.00694 e. The molecule has 2 nitrogen and oxygen atoms in total. The highest BCUT2D eigenvalue weighted by Gasteiger charge is 2.23. The molecule has 0 rings (SSSR count). The van der Waals surface area contributed by atoms with E-state index in [2.05, 4.69) is 51.2 Å². The number of hydrogen-bond donors (Lipinski definition) is 1. The highest BCUT2D eigenvalue weighted by Crippen LogP contribution is 2.21. The Bertz CT molecular complexity index is 173. The van der Waals surface area contributed by atoms with E-state index >= 15 is 0 Å². The van der Waals surface area contributed by atoms with Crippen LogP contribution < -0.4 is 5.32 Å². The Kier molecular flexibility index (Phi) is 8.52. The molecule has 16 heavy (non-hydrogen) atoms. The molecule has 0 amide bonds. The average molecular weight is 246 g/mol. The molecule has 0 saturated carbocycles. The standard InChI is InChI=1S/C13H30N2S/c1-7-13(4,10-14-12(2)3)11-15(5)8-9-16-6/h12,14H,7-11H2,1-6H3. The highest BCUT2D eigenvalue weighted by atomic mass is 32.2. The third kappa shape index (κ3) is 7.53.